The molecular weight excluding hydrogens is 280 g/mol. The van der Waals surface area contributed by atoms with Gasteiger partial charge in [0.05, 0.1) is 5.69 Å². The highest BCUT2D eigenvalue weighted by molar-refractivity contribution is 6.03. The van der Waals surface area contributed by atoms with Crippen LogP contribution in [0, 0.1) is 6.92 Å². The van der Waals surface area contributed by atoms with Gasteiger partial charge in [-0.1, -0.05) is 19.4 Å². The fourth-order valence-electron chi connectivity index (χ4n) is 2.46. The summed E-state index contributed by atoms with van der Waals surface area (Å²) in [6.45, 7) is 6.53. The summed E-state index contributed by atoms with van der Waals surface area (Å²) in [7, 11) is 1.78. The van der Waals surface area contributed by atoms with Gasteiger partial charge in [0.15, 0.2) is 6.10 Å². The molecule has 1 heterocycles. The van der Waals surface area contributed by atoms with Crippen molar-refractivity contribution < 1.29 is 14.3 Å². The van der Waals surface area contributed by atoms with Crippen LogP contribution < -0.4 is 9.64 Å². The maximum absolute atomic E-state index is 12.4. The first-order chi connectivity index (χ1) is 10.4. The number of hydrogen-bond donors (Lipinski definition) is 0. The third kappa shape index (κ3) is 3.40. The molecule has 0 spiro atoms. The molecule has 0 fully saturated rings. The maximum atomic E-state index is 12.4. The molecule has 2 amide bonds. The summed E-state index contributed by atoms with van der Waals surface area (Å²) in [4.78, 5) is 28.0. The molecule has 1 aliphatic rings. The van der Waals surface area contributed by atoms with Gasteiger partial charge < -0.3 is 9.64 Å². The predicted molar refractivity (Wildman–Crippen MR) is 86.2 cm³/mol. The number of ether oxygens (including phenoxy) is 1. The van der Waals surface area contributed by atoms with Crippen LogP contribution in [0.25, 0.3) is 0 Å². The summed E-state index contributed by atoms with van der Waals surface area (Å²) in [6, 6.07) is 5.68. The van der Waals surface area contributed by atoms with Crippen molar-refractivity contribution in [1.82, 2.24) is 4.90 Å². The normalized spacial score (nSPS) is 17.0. The van der Waals surface area contributed by atoms with Gasteiger partial charge in [0.1, 0.15) is 12.3 Å². The molecule has 0 bridgehead atoms. The van der Waals surface area contributed by atoms with Crippen molar-refractivity contribution in [3.63, 3.8) is 0 Å². The largest absolute Gasteiger partial charge is 0.479 e. The van der Waals surface area contributed by atoms with Gasteiger partial charge in [-0.2, -0.15) is 0 Å². The Balaban J connectivity index is 2.20. The fourth-order valence-corrected chi connectivity index (χ4v) is 2.46. The Bertz CT molecular complexity index is 571. The van der Waals surface area contributed by atoms with E-state index in [0.29, 0.717) is 18.0 Å². The summed E-state index contributed by atoms with van der Waals surface area (Å²) in [5.41, 5.74) is 1.71. The molecule has 5 heteroatoms. The molecule has 1 aliphatic heterocycles. The highest BCUT2D eigenvalue weighted by Crippen LogP contribution is 2.34. The van der Waals surface area contributed by atoms with Crippen LogP contribution in [-0.2, 0) is 9.59 Å². The van der Waals surface area contributed by atoms with Crippen molar-refractivity contribution in [2.45, 2.75) is 39.7 Å². The zero-order valence-corrected chi connectivity index (χ0v) is 13.8. The minimum atomic E-state index is -0.566. The van der Waals surface area contributed by atoms with Crippen LogP contribution in [0.2, 0.25) is 0 Å². The summed E-state index contributed by atoms with van der Waals surface area (Å²) in [5.74, 6) is 0.431. The topological polar surface area (TPSA) is 49.9 Å². The lowest BCUT2D eigenvalue weighted by Crippen LogP contribution is -2.49. The zero-order chi connectivity index (χ0) is 16.3. The summed E-state index contributed by atoms with van der Waals surface area (Å²) in [6.07, 6.45) is 1.43. The molecule has 5 nitrogen and oxygen atoms in total. The van der Waals surface area contributed by atoms with Gasteiger partial charge in [-0.15, -0.1) is 0 Å². The Morgan fingerprint density at radius 3 is 2.82 bits per heavy atom. The standard InChI is InChI=1S/C17H24N2O3/c1-5-6-9-18(4)16(20)11-19-14-10-12(2)7-8-15(14)22-13(3)17(19)21/h7-8,10,13H,5-6,9,11H2,1-4H3. The number of hydrogen-bond acceptors (Lipinski definition) is 3. The van der Waals surface area contributed by atoms with Crippen LogP contribution in [0.4, 0.5) is 5.69 Å². The van der Waals surface area contributed by atoms with E-state index in [9.17, 15) is 9.59 Å². The quantitative estimate of drug-likeness (QED) is 0.839. The first kappa shape index (κ1) is 16.3. The van der Waals surface area contributed by atoms with Crippen molar-refractivity contribution in [2.75, 3.05) is 25.0 Å². The van der Waals surface area contributed by atoms with Gasteiger partial charge in [-0.25, -0.2) is 0 Å². The van der Waals surface area contributed by atoms with Crippen molar-refractivity contribution in [3.8, 4) is 5.75 Å². The number of fused-ring (bicyclic) bond motifs is 1. The molecule has 0 saturated heterocycles. The van der Waals surface area contributed by atoms with Crippen LogP contribution in [0.1, 0.15) is 32.3 Å². The highest BCUT2D eigenvalue weighted by Gasteiger charge is 2.33. The Labute approximate surface area is 131 Å². The maximum Gasteiger partial charge on any atom is 0.268 e. The van der Waals surface area contributed by atoms with E-state index in [0.717, 1.165) is 18.4 Å². The minimum absolute atomic E-state index is 0.0524. The van der Waals surface area contributed by atoms with Crippen molar-refractivity contribution in [3.05, 3.63) is 23.8 Å². The molecule has 2 rings (SSSR count). The third-order valence-corrected chi connectivity index (χ3v) is 3.89. The number of nitrogens with zero attached hydrogens (tertiary/aromatic N) is 2. The minimum Gasteiger partial charge on any atom is -0.479 e. The van der Waals surface area contributed by atoms with Crippen LogP contribution in [0.15, 0.2) is 18.2 Å². The molecule has 0 aromatic heterocycles. The number of carbonyl (C=O) groups excluding carboxylic acids is 2. The van der Waals surface area contributed by atoms with E-state index < -0.39 is 6.10 Å². The third-order valence-electron chi connectivity index (χ3n) is 3.89. The highest BCUT2D eigenvalue weighted by atomic mass is 16.5. The molecule has 120 valence electrons. The molecule has 1 atom stereocenters. The van der Waals surface area contributed by atoms with E-state index in [1.165, 1.54) is 0 Å². The first-order valence-electron chi connectivity index (χ1n) is 7.76. The summed E-state index contributed by atoms with van der Waals surface area (Å²) in [5, 5.41) is 0. The van der Waals surface area contributed by atoms with Crippen LogP contribution in [-0.4, -0.2) is 43.0 Å². The van der Waals surface area contributed by atoms with E-state index in [2.05, 4.69) is 6.92 Å². The van der Waals surface area contributed by atoms with Crippen LogP contribution >= 0.6 is 0 Å². The molecular formula is C17H24N2O3. The van der Waals surface area contributed by atoms with Crippen molar-refractivity contribution >= 4 is 17.5 Å². The van der Waals surface area contributed by atoms with Gasteiger partial charge in [0, 0.05) is 13.6 Å². The number of benzene rings is 1. The van der Waals surface area contributed by atoms with E-state index in [1.807, 2.05) is 25.1 Å². The molecule has 1 unspecified atom stereocenters. The SMILES string of the molecule is CCCCN(C)C(=O)CN1C(=O)C(C)Oc2ccc(C)cc21. The van der Waals surface area contributed by atoms with Gasteiger partial charge in [0.25, 0.3) is 5.91 Å². The molecule has 1 aromatic rings. The smallest absolute Gasteiger partial charge is 0.268 e. The monoisotopic (exact) mass is 304 g/mol. The van der Waals surface area contributed by atoms with E-state index in [-0.39, 0.29) is 18.4 Å². The second-order valence-corrected chi connectivity index (χ2v) is 5.82. The molecule has 0 aliphatic carbocycles. The predicted octanol–water partition coefficient (Wildman–Crippen LogP) is 2.37. The summed E-state index contributed by atoms with van der Waals surface area (Å²) >= 11 is 0. The van der Waals surface area contributed by atoms with Gasteiger partial charge in [-0.3, -0.25) is 14.5 Å². The molecule has 22 heavy (non-hydrogen) atoms. The lowest BCUT2D eigenvalue weighted by Gasteiger charge is -2.33. The Morgan fingerprint density at radius 2 is 2.14 bits per heavy atom. The van der Waals surface area contributed by atoms with Gasteiger partial charge in [0.2, 0.25) is 5.91 Å². The number of unbranched alkanes of at least 4 members (excludes halogenated alkanes) is 1. The van der Waals surface area contributed by atoms with Gasteiger partial charge in [-0.05, 0) is 38.0 Å². The lowest BCUT2D eigenvalue weighted by atomic mass is 10.1. The number of carbonyl (C=O) groups is 2. The van der Waals surface area contributed by atoms with Crippen LogP contribution in [0.3, 0.4) is 0 Å². The molecule has 0 radical (unpaired) electrons. The van der Waals surface area contributed by atoms with Crippen molar-refractivity contribution in [1.29, 1.82) is 0 Å². The Morgan fingerprint density at radius 1 is 1.41 bits per heavy atom. The van der Waals surface area contributed by atoms with E-state index in [4.69, 9.17) is 4.74 Å². The molecule has 0 N–H and O–H groups in total. The second-order valence-electron chi connectivity index (χ2n) is 5.82. The summed E-state index contributed by atoms with van der Waals surface area (Å²) < 4.78 is 5.62. The fraction of sp³-hybridized carbons (Fsp3) is 0.529. The lowest BCUT2D eigenvalue weighted by molar-refractivity contribution is -0.132. The zero-order valence-electron chi connectivity index (χ0n) is 13.8. The Kier molecular flexibility index (Phi) is 5.06. The second kappa shape index (κ2) is 6.81. The number of amides is 2. The van der Waals surface area contributed by atoms with E-state index >= 15 is 0 Å². The number of likely N-dealkylation sites (N-methyl/N-ethyl adjacent to an activating group) is 1. The Hall–Kier alpha value is -2.04. The first-order valence-corrected chi connectivity index (χ1v) is 7.76. The molecule has 1 aromatic carbocycles. The molecule has 0 saturated carbocycles. The van der Waals surface area contributed by atoms with Crippen molar-refractivity contribution in [2.24, 2.45) is 0 Å². The average Bonchev–Trinajstić information content (AvgIpc) is 2.49. The van der Waals surface area contributed by atoms with Gasteiger partial charge >= 0.3 is 0 Å². The average molecular weight is 304 g/mol. The number of rotatable bonds is 5. The van der Waals surface area contributed by atoms with E-state index in [1.54, 1.807) is 23.8 Å². The number of anilines is 1. The van der Waals surface area contributed by atoms with Crippen LogP contribution in [0.5, 0.6) is 5.75 Å². The number of aryl methyl sites for hydroxylation is 1.